The van der Waals surface area contributed by atoms with Crippen molar-refractivity contribution in [2.45, 2.75) is 12.4 Å². The Hall–Kier alpha value is -2.49. The molecule has 0 bridgehead atoms. The van der Waals surface area contributed by atoms with Crippen molar-refractivity contribution >= 4 is 0 Å². The van der Waals surface area contributed by atoms with Crippen molar-refractivity contribution < 1.29 is 26.3 Å². The number of aromatic nitrogens is 1. The van der Waals surface area contributed by atoms with Crippen molar-refractivity contribution in [1.82, 2.24) is 4.98 Å². The molecule has 0 spiro atoms. The van der Waals surface area contributed by atoms with Gasteiger partial charge in [-0.3, -0.25) is 0 Å². The van der Waals surface area contributed by atoms with E-state index < -0.39 is 29.3 Å². The number of rotatable bonds is 0. The van der Waals surface area contributed by atoms with Gasteiger partial charge >= 0.3 is 12.4 Å². The summed E-state index contributed by atoms with van der Waals surface area (Å²) in [6.45, 7) is 0. The van der Waals surface area contributed by atoms with E-state index in [1.807, 2.05) is 0 Å². The van der Waals surface area contributed by atoms with Crippen molar-refractivity contribution in [2.24, 2.45) is 0 Å². The van der Waals surface area contributed by atoms with E-state index in [0.717, 1.165) is 0 Å². The largest absolute Gasteiger partial charge is 0.433 e. The van der Waals surface area contributed by atoms with Crippen molar-refractivity contribution in [2.75, 3.05) is 0 Å². The van der Waals surface area contributed by atoms with E-state index in [1.54, 1.807) is 30.3 Å². The van der Waals surface area contributed by atoms with E-state index in [2.05, 4.69) is 16.8 Å². The molecule has 2 aromatic rings. The summed E-state index contributed by atoms with van der Waals surface area (Å²) in [7, 11) is 0. The van der Waals surface area contributed by atoms with Gasteiger partial charge < -0.3 is 0 Å². The second kappa shape index (κ2) is 5.72. The van der Waals surface area contributed by atoms with Crippen LogP contribution in [0.2, 0.25) is 0 Å². The summed E-state index contributed by atoms with van der Waals surface area (Å²) in [5.41, 5.74) is -3.18. The maximum Gasteiger partial charge on any atom is 0.433 e. The highest BCUT2D eigenvalue weighted by molar-refractivity contribution is 5.44. The predicted molar refractivity (Wildman–Crippen MR) is 66.7 cm³/mol. The number of nitrogens with zero attached hydrogens (tertiary/aromatic N) is 1. The zero-order chi connectivity index (χ0) is 16.4. The molecule has 0 radical (unpaired) electrons. The van der Waals surface area contributed by atoms with E-state index in [-0.39, 0.29) is 0 Å². The molecule has 0 aliphatic heterocycles. The number of alkyl halides is 6. The van der Waals surface area contributed by atoms with Crippen molar-refractivity contribution in [3.8, 4) is 11.8 Å². The second-order valence-electron chi connectivity index (χ2n) is 4.24. The van der Waals surface area contributed by atoms with Crippen LogP contribution in [0.4, 0.5) is 26.3 Å². The van der Waals surface area contributed by atoms with Gasteiger partial charge in [-0.15, -0.1) is 0 Å². The minimum absolute atomic E-state index is 0.404. The fraction of sp³-hybridized carbons (Fsp3) is 0.133. The van der Waals surface area contributed by atoms with Crippen molar-refractivity contribution in [1.29, 1.82) is 0 Å². The molecule has 0 saturated heterocycles. The average molecular weight is 315 g/mol. The van der Waals surface area contributed by atoms with Gasteiger partial charge in [-0.2, -0.15) is 26.3 Å². The van der Waals surface area contributed by atoms with Gasteiger partial charge in [0.1, 0.15) is 11.4 Å². The fourth-order valence-electron chi connectivity index (χ4n) is 1.56. The Morgan fingerprint density at radius 2 is 1.14 bits per heavy atom. The molecule has 0 unspecified atom stereocenters. The Morgan fingerprint density at radius 3 is 1.59 bits per heavy atom. The second-order valence-corrected chi connectivity index (χ2v) is 4.24. The smallest absolute Gasteiger partial charge is 0.239 e. The van der Waals surface area contributed by atoms with Crippen LogP contribution in [0.25, 0.3) is 0 Å². The zero-order valence-electron chi connectivity index (χ0n) is 10.8. The molecule has 0 aliphatic rings. The van der Waals surface area contributed by atoms with E-state index in [4.69, 9.17) is 0 Å². The number of halogens is 6. The van der Waals surface area contributed by atoms with Crippen LogP contribution in [0.5, 0.6) is 0 Å². The molecule has 0 atom stereocenters. The van der Waals surface area contributed by atoms with Crippen LogP contribution in [0.15, 0.2) is 42.5 Å². The molecule has 114 valence electrons. The van der Waals surface area contributed by atoms with E-state index >= 15 is 0 Å². The topological polar surface area (TPSA) is 12.9 Å². The van der Waals surface area contributed by atoms with E-state index in [0.29, 0.717) is 17.7 Å². The quantitative estimate of drug-likeness (QED) is 0.514. The lowest BCUT2D eigenvalue weighted by molar-refractivity contribution is -0.150. The summed E-state index contributed by atoms with van der Waals surface area (Å²) in [5.74, 6) is 4.80. The molecule has 0 N–H and O–H groups in total. The molecule has 0 amide bonds. The molecule has 0 saturated carbocycles. The fourth-order valence-corrected chi connectivity index (χ4v) is 1.56. The van der Waals surface area contributed by atoms with Crippen LogP contribution >= 0.6 is 0 Å². The molecule has 0 fully saturated rings. The van der Waals surface area contributed by atoms with Crippen LogP contribution in [-0.2, 0) is 12.4 Å². The third-order valence-electron chi connectivity index (χ3n) is 2.53. The Kier molecular flexibility index (Phi) is 4.13. The summed E-state index contributed by atoms with van der Waals surface area (Å²) in [4.78, 5) is 2.61. The molecule has 0 aliphatic carbocycles. The van der Waals surface area contributed by atoms with Crippen LogP contribution in [0.1, 0.15) is 22.5 Å². The first-order chi connectivity index (χ1) is 10.2. The standard InChI is InChI=1S/C15H7F6N/c16-14(17,18)12-8-11(9-13(22-12)15(19,20)21)7-6-10-4-2-1-3-5-10/h1-5,8-9H. The predicted octanol–water partition coefficient (Wildman–Crippen LogP) is 4.52. The van der Waals surface area contributed by atoms with Crippen LogP contribution in [-0.4, -0.2) is 4.98 Å². The first-order valence-electron chi connectivity index (χ1n) is 5.90. The van der Waals surface area contributed by atoms with Gasteiger partial charge in [0.2, 0.25) is 0 Å². The number of pyridine rings is 1. The van der Waals surface area contributed by atoms with Crippen molar-refractivity contribution in [3.05, 3.63) is 65.0 Å². The Balaban J connectivity index is 2.50. The minimum atomic E-state index is -4.98. The monoisotopic (exact) mass is 315 g/mol. The van der Waals surface area contributed by atoms with E-state index in [9.17, 15) is 26.3 Å². The van der Waals surface area contributed by atoms with Crippen LogP contribution in [0, 0.1) is 11.8 Å². The number of benzene rings is 1. The molecule has 1 aromatic carbocycles. The summed E-state index contributed by atoms with van der Waals surface area (Å²) >= 11 is 0. The molecule has 7 heteroatoms. The molecular formula is C15H7F6N. The first-order valence-corrected chi connectivity index (χ1v) is 5.90. The van der Waals surface area contributed by atoms with Crippen LogP contribution in [0.3, 0.4) is 0 Å². The SMILES string of the molecule is FC(F)(F)c1cc(C#Cc2ccccc2)cc(C(F)(F)F)n1. The molecule has 22 heavy (non-hydrogen) atoms. The summed E-state index contributed by atoms with van der Waals surface area (Å²) in [6, 6.07) is 9.17. The summed E-state index contributed by atoms with van der Waals surface area (Å²) in [5, 5.41) is 0. The summed E-state index contributed by atoms with van der Waals surface area (Å²) in [6.07, 6.45) is -9.96. The Bertz CT molecular complexity index is 687. The lowest BCUT2D eigenvalue weighted by Crippen LogP contribution is -2.15. The number of hydrogen-bond donors (Lipinski definition) is 0. The van der Waals surface area contributed by atoms with Gasteiger partial charge in [0, 0.05) is 11.1 Å². The van der Waals surface area contributed by atoms with Crippen LogP contribution < -0.4 is 0 Å². The molecule has 2 rings (SSSR count). The highest BCUT2D eigenvalue weighted by atomic mass is 19.4. The molecule has 1 heterocycles. The van der Waals surface area contributed by atoms with Gasteiger partial charge in [-0.05, 0) is 24.3 Å². The van der Waals surface area contributed by atoms with E-state index in [1.165, 1.54) is 0 Å². The molecular weight excluding hydrogens is 308 g/mol. The van der Waals surface area contributed by atoms with Crippen molar-refractivity contribution in [3.63, 3.8) is 0 Å². The van der Waals surface area contributed by atoms with Gasteiger partial charge in [-0.25, -0.2) is 4.98 Å². The molecule has 1 aromatic heterocycles. The third kappa shape index (κ3) is 4.01. The maximum absolute atomic E-state index is 12.6. The highest BCUT2D eigenvalue weighted by Crippen LogP contribution is 2.33. The average Bonchev–Trinajstić information content (AvgIpc) is 2.44. The molecule has 1 nitrogen and oxygen atoms in total. The van der Waals surface area contributed by atoms with Gasteiger partial charge in [0.25, 0.3) is 0 Å². The summed E-state index contributed by atoms with van der Waals surface area (Å²) < 4.78 is 75.7. The lowest BCUT2D eigenvalue weighted by atomic mass is 10.1. The van der Waals surface area contributed by atoms with Gasteiger partial charge in [0.05, 0.1) is 0 Å². The van der Waals surface area contributed by atoms with Gasteiger partial charge in [-0.1, -0.05) is 30.0 Å². The van der Waals surface area contributed by atoms with Gasteiger partial charge in [0.15, 0.2) is 0 Å². The Labute approximate surface area is 121 Å². The zero-order valence-corrected chi connectivity index (χ0v) is 10.8. The first kappa shape index (κ1) is 15.9. The third-order valence-corrected chi connectivity index (χ3v) is 2.53. The Morgan fingerprint density at radius 1 is 0.682 bits per heavy atom. The lowest BCUT2D eigenvalue weighted by Gasteiger charge is -2.11. The normalized spacial score (nSPS) is 11.7. The maximum atomic E-state index is 12.6. The number of hydrogen-bond acceptors (Lipinski definition) is 1. The minimum Gasteiger partial charge on any atom is -0.239 e. The highest BCUT2D eigenvalue weighted by Gasteiger charge is 2.38.